The highest BCUT2D eigenvalue weighted by Gasteiger charge is 2.21. The van der Waals surface area contributed by atoms with Crippen LogP contribution in [-0.2, 0) is 14.1 Å². The van der Waals surface area contributed by atoms with Crippen molar-refractivity contribution in [3.8, 4) is 16.9 Å². The second-order valence-electron chi connectivity index (χ2n) is 5.96. The first-order chi connectivity index (χ1) is 10.5. The standard InChI is InChI=1S/C19H23N3/c1-14-13-15(2)19(22-12-8-11-21(22)5)16(3)18(14)17-9-6-7-10-20(17)4/h6-13H,1-5H3/q+2. The average Bonchev–Trinajstić information content (AvgIpc) is 2.87. The van der Waals surface area contributed by atoms with Gasteiger partial charge in [0.15, 0.2) is 19.4 Å². The van der Waals surface area contributed by atoms with Gasteiger partial charge in [-0.05, 0) is 43.5 Å². The van der Waals surface area contributed by atoms with Gasteiger partial charge < -0.3 is 0 Å². The molecule has 2 heterocycles. The molecule has 3 rings (SSSR count). The van der Waals surface area contributed by atoms with Crippen LogP contribution in [0.1, 0.15) is 16.7 Å². The largest absolute Gasteiger partial charge is 0.212 e. The lowest BCUT2D eigenvalue weighted by molar-refractivity contribution is -0.744. The van der Waals surface area contributed by atoms with Crippen LogP contribution in [0.4, 0.5) is 0 Å². The molecule has 0 spiro atoms. The molecule has 0 N–H and O–H groups in total. The van der Waals surface area contributed by atoms with Gasteiger partial charge in [0.2, 0.25) is 5.69 Å². The number of hydrogen-bond acceptors (Lipinski definition) is 0. The number of aromatic nitrogens is 3. The summed E-state index contributed by atoms with van der Waals surface area (Å²) in [5.74, 6) is 0. The fourth-order valence-corrected chi connectivity index (χ4v) is 3.36. The van der Waals surface area contributed by atoms with E-state index in [1.165, 1.54) is 33.6 Å². The molecule has 0 radical (unpaired) electrons. The monoisotopic (exact) mass is 293 g/mol. The van der Waals surface area contributed by atoms with Crippen LogP contribution in [0.3, 0.4) is 0 Å². The van der Waals surface area contributed by atoms with Crippen LogP contribution < -0.4 is 9.25 Å². The summed E-state index contributed by atoms with van der Waals surface area (Å²) in [7, 11) is 4.17. The molecule has 0 amide bonds. The maximum Gasteiger partial charge on any atom is 0.212 e. The van der Waals surface area contributed by atoms with E-state index in [0.29, 0.717) is 0 Å². The minimum atomic E-state index is 1.24. The summed E-state index contributed by atoms with van der Waals surface area (Å²) >= 11 is 0. The topological polar surface area (TPSA) is 12.7 Å². The molecule has 0 saturated heterocycles. The Hall–Kier alpha value is -2.42. The predicted octanol–water partition coefficient (Wildman–Crippen LogP) is 2.72. The van der Waals surface area contributed by atoms with Gasteiger partial charge in [-0.1, -0.05) is 6.07 Å². The van der Waals surface area contributed by atoms with Crippen molar-refractivity contribution in [2.75, 3.05) is 0 Å². The van der Waals surface area contributed by atoms with E-state index in [-0.39, 0.29) is 0 Å². The predicted molar refractivity (Wildman–Crippen MR) is 87.8 cm³/mol. The zero-order valence-electron chi connectivity index (χ0n) is 14.0. The summed E-state index contributed by atoms with van der Waals surface area (Å²) in [4.78, 5) is 0. The van der Waals surface area contributed by atoms with Crippen molar-refractivity contribution in [1.82, 2.24) is 4.68 Å². The third-order valence-corrected chi connectivity index (χ3v) is 4.34. The minimum Gasteiger partial charge on any atom is -0.201 e. The Labute approximate surface area is 132 Å². The normalized spacial score (nSPS) is 11.0. The molecule has 0 aliphatic heterocycles. The number of aryl methyl sites for hydroxylation is 4. The molecule has 2 aromatic heterocycles. The number of hydrogen-bond donors (Lipinski definition) is 0. The summed E-state index contributed by atoms with van der Waals surface area (Å²) in [6, 6.07) is 10.7. The van der Waals surface area contributed by atoms with Gasteiger partial charge in [-0.25, -0.2) is 4.57 Å². The zero-order chi connectivity index (χ0) is 15.9. The zero-order valence-corrected chi connectivity index (χ0v) is 14.0. The number of pyridine rings is 1. The summed E-state index contributed by atoms with van der Waals surface area (Å²) < 4.78 is 6.50. The van der Waals surface area contributed by atoms with Gasteiger partial charge in [-0.2, -0.15) is 0 Å². The number of nitrogens with zero attached hydrogens (tertiary/aromatic N) is 3. The van der Waals surface area contributed by atoms with Gasteiger partial charge in [-0.3, -0.25) is 0 Å². The Balaban J connectivity index is 2.34. The van der Waals surface area contributed by atoms with Gasteiger partial charge in [0, 0.05) is 18.2 Å². The Morgan fingerprint density at radius 3 is 2.32 bits per heavy atom. The van der Waals surface area contributed by atoms with Crippen molar-refractivity contribution in [1.29, 1.82) is 0 Å². The van der Waals surface area contributed by atoms with Crippen LogP contribution in [0.5, 0.6) is 0 Å². The first-order valence-electron chi connectivity index (χ1n) is 7.60. The molecule has 0 fully saturated rings. The minimum absolute atomic E-state index is 1.24. The van der Waals surface area contributed by atoms with Gasteiger partial charge in [0.25, 0.3) is 0 Å². The second-order valence-corrected chi connectivity index (χ2v) is 5.96. The van der Waals surface area contributed by atoms with E-state index in [1.807, 2.05) is 0 Å². The highest BCUT2D eigenvalue weighted by molar-refractivity contribution is 5.71. The lowest BCUT2D eigenvalue weighted by Crippen LogP contribution is -2.37. The van der Waals surface area contributed by atoms with E-state index in [9.17, 15) is 0 Å². The maximum absolute atomic E-state index is 2.28. The molecule has 0 atom stereocenters. The number of rotatable bonds is 2. The van der Waals surface area contributed by atoms with E-state index in [4.69, 9.17) is 0 Å². The Bertz CT molecular complexity index is 844. The highest BCUT2D eigenvalue weighted by Crippen LogP contribution is 2.31. The van der Waals surface area contributed by atoms with Crippen LogP contribution >= 0.6 is 0 Å². The van der Waals surface area contributed by atoms with E-state index < -0.39 is 0 Å². The SMILES string of the molecule is Cc1cc(C)c(-n2ccc[n+]2C)c(C)c1-c1cccc[n+]1C. The molecular formula is C19H23N3+2. The van der Waals surface area contributed by atoms with Crippen LogP contribution in [0.2, 0.25) is 0 Å². The Kier molecular flexibility index (Phi) is 3.57. The molecule has 112 valence electrons. The van der Waals surface area contributed by atoms with Crippen molar-refractivity contribution in [3.63, 3.8) is 0 Å². The van der Waals surface area contributed by atoms with Crippen LogP contribution in [0.25, 0.3) is 16.9 Å². The van der Waals surface area contributed by atoms with E-state index in [1.54, 1.807) is 0 Å². The fraction of sp³-hybridized carbons (Fsp3) is 0.263. The molecule has 0 saturated carbocycles. The van der Waals surface area contributed by atoms with Gasteiger partial charge >= 0.3 is 0 Å². The van der Waals surface area contributed by atoms with Crippen LogP contribution in [0, 0.1) is 20.8 Å². The third-order valence-electron chi connectivity index (χ3n) is 4.34. The number of benzene rings is 1. The summed E-state index contributed by atoms with van der Waals surface area (Å²) in [5.41, 5.74) is 7.74. The highest BCUT2D eigenvalue weighted by atomic mass is 15.4. The first kappa shape index (κ1) is 14.5. The molecule has 0 aliphatic rings. The lowest BCUT2D eigenvalue weighted by atomic mass is 9.94. The smallest absolute Gasteiger partial charge is 0.201 e. The second kappa shape index (κ2) is 5.41. The van der Waals surface area contributed by atoms with E-state index >= 15 is 0 Å². The van der Waals surface area contributed by atoms with E-state index in [0.717, 1.165) is 0 Å². The molecule has 0 bridgehead atoms. The Morgan fingerprint density at radius 1 is 0.909 bits per heavy atom. The Morgan fingerprint density at radius 2 is 1.68 bits per heavy atom. The quantitative estimate of drug-likeness (QED) is 0.644. The molecule has 0 unspecified atom stereocenters. The van der Waals surface area contributed by atoms with Gasteiger partial charge in [0.1, 0.15) is 12.7 Å². The summed E-state index contributed by atoms with van der Waals surface area (Å²) in [5, 5.41) is 0. The summed E-state index contributed by atoms with van der Waals surface area (Å²) in [6.07, 6.45) is 6.28. The molecule has 0 aliphatic carbocycles. The van der Waals surface area contributed by atoms with Crippen molar-refractivity contribution < 1.29 is 9.25 Å². The lowest BCUT2D eigenvalue weighted by Gasteiger charge is -2.15. The molecule has 3 aromatic rings. The summed E-state index contributed by atoms with van der Waals surface area (Å²) in [6.45, 7) is 6.60. The maximum atomic E-state index is 2.28. The fourth-order valence-electron chi connectivity index (χ4n) is 3.36. The molecule has 22 heavy (non-hydrogen) atoms. The van der Waals surface area contributed by atoms with Gasteiger partial charge in [0.05, 0.1) is 11.8 Å². The van der Waals surface area contributed by atoms with Crippen LogP contribution in [-0.4, -0.2) is 4.68 Å². The molecule has 3 nitrogen and oxygen atoms in total. The average molecular weight is 293 g/mol. The van der Waals surface area contributed by atoms with Crippen molar-refractivity contribution in [2.45, 2.75) is 20.8 Å². The van der Waals surface area contributed by atoms with Crippen molar-refractivity contribution in [3.05, 3.63) is 65.6 Å². The first-order valence-corrected chi connectivity index (χ1v) is 7.60. The molecular weight excluding hydrogens is 270 g/mol. The van der Waals surface area contributed by atoms with E-state index in [2.05, 4.69) is 97.7 Å². The van der Waals surface area contributed by atoms with Crippen LogP contribution in [0.15, 0.2) is 48.9 Å². The van der Waals surface area contributed by atoms with Crippen molar-refractivity contribution >= 4 is 0 Å². The molecule has 1 aromatic carbocycles. The van der Waals surface area contributed by atoms with Gasteiger partial charge in [-0.15, -0.1) is 9.36 Å². The third kappa shape index (κ3) is 2.23. The van der Waals surface area contributed by atoms with Crippen molar-refractivity contribution in [2.24, 2.45) is 14.1 Å². The molecule has 3 heteroatoms.